The van der Waals surface area contributed by atoms with Crippen molar-refractivity contribution in [1.29, 1.82) is 0 Å². The molecule has 0 fully saturated rings. The van der Waals surface area contributed by atoms with Crippen LogP contribution in [0.3, 0.4) is 0 Å². The lowest BCUT2D eigenvalue weighted by Crippen LogP contribution is -1.94. The summed E-state index contributed by atoms with van der Waals surface area (Å²) in [4.78, 5) is 4.81. The summed E-state index contributed by atoms with van der Waals surface area (Å²) in [5, 5.41) is 5.94. The molecule has 0 atom stereocenters. The number of para-hydroxylation sites is 1. The van der Waals surface area contributed by atoms with Gasteiger partial charge in [0.05, 0.1) is 11.0 Å². The third-order valence-corrected chi connectivity index (χ3v) is 8.35. The Hall–Kier alpha value is -5.06. The van der Waals surface area contributed by atoms with Gasteiger partial charge in [-0.05, 0) is 75.9 Å². The van der Waals surface area contributed by atoms with Crippen molar-refractivity contribution < 1.29 is 0 Å². The van der Waals surface area contributed by atoms with Crippen LogP contribution in [0.1, 0.15) is 0 Å². The van der Waals surface area contributed by atoms with Crippen LogP contribution < -0.4 is 0 Å². The number of hydrogen-bond donors (Lipinski definition) is 0. The van der Waals surface area contributed by atoms with E-state index in [9.17, 15) is 0 Å². The van der Waals surface area contributed by atoms with Crippen LogP contribution in [0.5, 0.6) is 0 Å². The Labute approximate surface area is 235 Å². The van der Waals surface area contributed by atoms with Gasteiger partial charge in [-0.15, -0.1) is 0 Å². The molecule has 0 amide bonds. The van der Waals surface area contributed by atoms with Gasteiger partial charge < -0.3 is 4.57 Å². The summed E-state index contributed by atoms with van der Waals surface area (Å²) >= 11 is 1.44. The Morgan fingerprint density at radius 1 is 0.475 bits per heavy atom. The van der Waals surface area contributed by atoms with Gasteiger partial charge in [0.15, 0.2) is 5.82 Å². The van der Waals surface area contributed by atoms with Crippen LogP contribution in [-0.4, -0.2) is 13.9 Å². The van der Waals surface area contributed by atoms with Gasteiger partial charge in [-0.1, -0.05) is 97.1 Å². The van der Waals surface area contributed by atoms with Crippen molar-refractivity contribution in [3.05, 3.63) is 140 Å². The van der Waals surface area contributed by atoms with E-state index >= 15 is 0 Å². The van der Waals surface area contributed by atoms with Crippen LogP contribution in [0.15, 0.2) is 140 Å². The maximum atomic E-state index is 4.81. The molecule has 40 heavy (non-hydrogen) atoms. The van der Waals surface area contributed by atoms with Gasteiger partial charge in [-0.3, -0.25) is 0 Å². The fourth-order valence-electron chi connectivity index (χ4n) is 5.60. The summed E-state index contributed by atoms with van der Waals surface area (Å²) in [6.07, 6.45) is 0. The van der Waals surface area contributed by atoms with Crippen LogP contribution >= 0.6 is 11.5 Å². The first-order chi connectivity index (χ1) is 19.8. The number of hydrogen-bond acceptors (Lipinski definition) is 3. The van der Waals surface area contributed by atoms with E-state index in [1.807, 2.05) is 30.3 Å². The number of benzene rings is 6. The number of nitrogens with zero attached hydrogens (tertiary/aromatic N) is 3. The van der Waals surface area contributed by atoms with E-state index < -0.39 is 0 Å². The third kappa shape index (κ3) is 3.81. The quantitative estimate of drug-likeness (QED) is 0.227. The Balaban J connectivity index is 1.24. The molecule has 0 aliphatic rings. The lowest BCUT2D eigenvalue weighted by atomic mass is 10.00. The van der Waals surface area contributed by atoms with E-state index in [-0.39, 0.29) is 0 Å². The molecule has 0 aliphatic heterocycles. The third-order valence-electron chi connectivity index (χ3n) is 7.59. The molecule has 0 unspecified atom stereocenters. The summed E-state index contributed by atoms with van der Waals surface area (Å²) in [6.45, 7) is 0. The summed E-state index contributed by atoms with van der Waals surface area (Å²) in [7, 11) is 0. The van der Waals surface area contributed by atoms with E-state index in [4.69, 9.17) is 4.98 Å². The second kappa shape index (κ2) is 9.30. The zero-order valence-corrected chi connectivity index (χ0v) is 22.3. The number of fused-ring (bicyclic) bond motifs is 4. The van der Waals surface area contributed by atoms with Crippen LogP contribution in [0.4, 0.5) is 0 Å². The molecule has 8 aromatic rings. The SMILES string of the molecule is c1ccc(-c2nsc(-c3ccc(-n4c5ccccc5c5ccc(-c6ccc7ccccc7c6)cc54)cc3)n2)cc1. The van der Waals surface area contributed by atoms with E-state index in [2.05, 4.69) is 118 Å². The minimum atomic E-state index is 0.772. The smallest absolute Gasteiger partial charge is 0.173 e. The zero-order chi connectivity index (χ0) is 26.5. The first-order valence-corrected chi connectivity index (χ1v) is 14.1. The number of aromatic nitrogens is 3. The average molecular weight is 530 g/mol. The van der Waals surface area contributed by atoms with Gasteiger partial charge in [-0.2, -0.15) is 4.37 Å². The molecule has 188 valence electrons. The number of rotatable bonds is 4. The fraction of sp³-hybridized carbons (Fsp3) is 0. The highest BCUT2D eigenvalue weighted by Gasteiger charge is 2.14. The Bertz CT molecular complexity index is 2160. The van der Waals surface area contributed by atoms with E-state index in [0.29, 0.717) is 0 Å². The van der Waals surface area contributed by atoms with E-state index in [1.54, 1.807) is 0 Å². The molecule has 3 nitrogen and oxygen atoms in total. The Morgan fingerprint density at radius 2 is 1.15 bits per heavy atom. The zero-order valence-electron chi connectivity index (χ0n) is 21.5. The molecule has 0 saturated carbocycles. The van der Waals surface area contributed by atoms with Gasteiger partial charge in [-0.25, -0.2) is 4.98 Å². The maximum Gasteiger partial charge on any atom is 0.173 e. The molecule has 2 aromatic heterocycles. The normalized spacial score (nSPS) is 11.5. The largest absolute Gasteiger partial charge is 0.309 e. The van der Waals surface area contributed by atoms with Crippen LogP contribution in [0.25, 0.3) is 71.4 Å². The summed E-state index contributed by atoms with van der Waals surface area (Å²) in [5.41, 5.74) is 8.05. The first-order valence-electron chi connectivity index (χ1n) is 13.3. The molecule has 8 rings (SSSR count). The topological polar surface area (TPSA) is 30.7 Å². The molecule has 0 spiro atoms. The molecule has 6 aromatic carbocycles. The average Bonchev–Trinajstić information content (AvgIpc) is 3.65. The molecule has 4 heteroatoms. The molecule has 2 heterocycles. The minimum Gasteiger partial charge on any atom is -0.309 e. The van der Waals surface area contributed by atoms with Gasteiger partial charge in [0, 0.05) is 27.6 Å². The first kappa shape index (κ1) is 22.9. The van der Waals surface area contributed by atoms with Crippen molar-refractivity contribution in [2.24, 2.45) is 0 Å². The molecular formula is C36H23N3S. The van der Waals surface area contributed by atoms with E-state index in [0.717, 1.165) is 27.6 Å². The standard InChI is InChI=1S/C36H23N3S/c1-2-9-25(10-3-1)35-37-36(40-38-35)26-16-19-30(20-17-26)39-33-13-7-6-12-31(33)32-21-18-29(23-34(32)39)28-15-14-24-8-4-5-11-27(24)22-28/h1-23H. The molecule has 0 N–H and O–H groups in total. The van der Waals surface area contributed by atoms with Crippen LogP contribution in [-0.2, 0) is 0 Å². The molecular weight excluding hydrogens is 506 g/mol. The lowest BCUT2D eigenvalue weighted by Gasteiger charge is -2.10. The summed E-state index contributed by atoms with van der Waals surface area (Å²) in [5.74, 6) is 0.772. The molecule has 0 radical (unpaired) electrons. The summed E-state index contributed by atoms with van der Waals surface area (Å²) < 4.78 is 6.97. The second-order valence-corrected chi connectivity index (χ2v) is 10.7. The maximum absolute atomic E-state index is 4.81. The van der Waals surface area contributed by atoms with Crippen molar-refractivity contribution in [3.8, 4) is 38.8 Å². The van der Waals surface area contributed by atoms with Crippen molar-refractivity contribution >= 4 is 44.1 Å². The van der Waals surface area contributed by atoms with Crippen molar-refractivity contribution in [1.82, 2.24) is 13.9 Å². The fourth-order valence-corrected chi connectivity index (χ4v) is 6.28. The van der Waals surface area contributed by atoms with Crippen molar-refractivity contribution in [2.75, 3.05) is 0 Å². The van der Waals surface area contributed by atoms with Crippen molar-refractivity contribution in [3.63, 3.8) is 0 Å². The van der Waals surface area contributed by atoms with Gasteiger partial charge >= 0.3 is 0 Å². The van der Waals surface area contributed by atoms with Gasteiger partial charge in [0.25, 0.3) is 0 Å². The predicted molar refractivity (Wildman–Crippen MR) is 168 cm³/mol. The predicted octanol–water partition coefficient (Wildman–Crippen LogP) is 9.79. The minimum absolute atomic E-state index is 0.772. The lowest BCUT2D eigenvalue weighted by molar-refractivity contribution is 1.18. The summed E-state index contributed by atoms with van der Waals surface area (Å²) in [6, 6.07) is 49.5. The van der Waals surface area contributed by atoms with Crippen LogP contribution in [0.2, 0.25) is 0 Å². The van der Waals surface area contributed by atoms with Gasteiger partial charge in [0.1, 0.15) is 5.01 Å². The van der Waals surface area contributed by atoms with Crippen LogP contribution in [0, 0.1) is 0 Å². The van der Waals surface area contributed by atoms with E-state index in [1.165, 1.54) is 55.2 Å². The monoisotopic (exact) mass is 529 g/mol. The van der Waals surface area contributed by atoms with Gasteiger partial charge in [0.2, 0.25) is 0 Å². The van der Waals surface area contributed by atoms with Crippen molar-refractivity contribution in [2.45, 2.75) is 0 Å². The molecule has 0 bridgehead atoms. The second-order valence-electron chi connectivity index (χ2n) is 9.98. The highest BCUT2D eigenvalue weighted by Crippen LogP contribution is 2.36. The highest BCUT2D eigenvalue weighted by molar-refractivity contribution is 7.09. The Morgan fingerprint density at radius 3 is 2.02 bits per heavy atom. The Kier molecular flexibility index (Phi) is 5.32. The molecule has 0 aliphatic carbocycles. The highest BCUT2D eigenvalue weighted by atomic mass is 32.1. The molecule has 0 saturated heterocycles.